The SMILES string of the molecule is O=C1CCC(N2Cc3cc(C4CCN(Cc5ccc6c(c5)C(=O)N(c5ccccn5)C(=O)C6)CC4)ccc3C2=O)C(=O)N1. The number of pyridine rings is 1. The van der Waals surface area contributed by atoms with Gasteiger partial charge in [-0.3, -0.25) is 34.2 Å². The van der Waals surface area contributed by atoms with E-state index >= 15 is 0 Å². The predicted octanol–water partition coefficient (Wildman–Crippen LogP) is 2.95. The van der Waals surface area contributed by atoms with E-state index in [1.54, 1.807) is 29.3 Å². The molecule has 10 heteroatoms. The molecule has 10 nitrogen and oxygen atoms in total. The van der Waals surface area contributed by atoms with E-state index in [1.165, 1.54) is 10.5 Å². The number of aromatic nitrogens is 1. The Kier molecular flexibility index (Phi) is 6.85. The Labute approximate surface area is 248 Å². The fourth-order valence-corrected chi connectivity index (χ4v) is 6.80. The molecule has 4 aliphatic heterocycles. The van der Waals surface area contributed by atoms with Gasteiger partial charge in [0.25, 0.3) is 11.8 Å². The van der Waals surface area contributed by atoms with Crippen molar-refractivity contribution in [1.82, 2.24) is 20.1 Å². The normalized spacial score (nSPS) is 21.2. The van der Waals surface area contributed by atoms with E-state index in [0.717, 1.165) is 42.6 Å². The zero-order chi connectivity index (χ0) is 29.7. The number of rotatable bonds is 5. The number of anilines is 1. The van der Waals surface area contributed by atoms with E-state index in [2.05, 4.69) is 21.3 Å². The van der Waals surface area contributed by atoms with Crippen molar-refractivity contribution in [3.63, 3.8) is 0 Å². The largest absolute Gasteiger partial charge is 0.322 e. The summed E-state index contributed by atoms with van der Waals surface area (Å²) in [5.74, 6) is -0.737. The highest BCUT2D eigenvalue weighted by Crippen LogP contribution is 2.34. The van der Waals surface area contributed by atoms with E-state index in [0.29, 0.717) is 42.4 Å². The van der Waals surface area contributed by atoms with Crippen molar-refractivity contribution < 1.29 is 24.0 Å². The molecule has 0 aliphatic carbocycles. The minimum Gasteiger partial charge on any atom is -0.322 e. The Morgan fingerprint density at radius 1 is 0.837 bits per heavy atom. The summed E-state index contributed by atoms with van der Waals surface area (Å²) in [5.41, 5.74) is 5.11. The molecule has 5 amide bonds. The molecule has 0 spiro atoms. The van der Waals surface area contributed by atoms with E-state index in [9.17, 15) is 24.0 Å². The average Bonchev–Trinajstić information content (AvgIpc) is 3.33. The van der Waals surface area contributed by atoms with Crippen LogP contribution in [0.3, 0.4) is 0 Å². The lowest BCUT2D eigenvalue weighted by atomic mass is 9.87. The third-order valence-electron chi connectivity index (χ3n) is 9.09. The number of hydrogen-bond donors (Lipinski definition) is 1. The lowest BCUT2D eigenvalue weighted by molar-refractivity contribution is -0.137. The Morgan fingerprint density at radius 3 is 2.44 bits per heavy atom. The second-order valence-corrected chi connectivity index (χ2v) is 11.8. The van der Waals surface area contributed by atoms with Gasteiger partial charge in [-0.25, -0.2) is 9.88 Å². The van der Waals surface area contributed by atoms with Crippen LogP contribution < -0.4 is 10.2 Å². The number of likely N-dealkylation sites (tertiary alicyclic amines) is 1. The molecule has 2 saturated heterocycles. The first kappa shape index (κ1) is 27.2. The highest BCUT2D eigenvalue weighted by molar-refractivity contribution is 6.24. The number of amides is 5. The van der Waals surface area contributed by atoms with Crippen molar-refractivity contribution >= 4 is 35.4 Å². The molecular weight excluding hydrogens is 546 g/mol. The molecule has 1 aromatic heterocycles. The number of benzene rings is 2. The summed E-state index contributed by atoms with van der Waals surface area (Å²) in [6.45, 7) is 2.89. The van der Waals surface area contributed by atoms with Gasteiger partial charge < -0.3 is 4.90 Å². The lowest BCUT2D eigenvalue weighted by Crippen LogP contribution is -2.52. The number of nitrogens with zero attached hydrogens (tertiary/aromatic N) is 4. The average molecular weight is 578 g/mol. The number of imide groups is 2. The molecule has 7 rings (SSSR count). The summed E-state index contributed by atoms with van der Waals surface area (Å²) in [6, 6.07) is 16.4. The van der Waals surface area contributed by atoms with Crippen LogP contribution in [0, 0.1) is 0 Å². The molecule has 218 valence electrons. The highest BCUT2D eigenvalue weighted by Gasteiger charge is 2.39. The number of carbonyl (C=O) groups excluding carboxylic acids is 5. The third kappa shape index (κ3) is 5.01. The molecule has 1 atom stereocenters. The molecule has 3 aromatic rings. The maximum Gasteiger partial charge on any atom is 0.266 e. The van der Waals surface area contributed by atoms with Crippen LogP contribution in [0.15, 0.2) is 60.8 Å². The molecule has 0 radical (unpaired) electrons. The van der Waals surface area contributed by atoms with E-state index in [1.807, 2.05) is 30.3 Å². The van der Waals surface area contributed by atoms with Gasteiger partial charge in [0.15, 0.2) is 0 Å². The van der Waals surface area contributed by atoms with Crippen molar-refractivity contribution in [2.45, 2.75) is 57.2 Å². The fourth-order valence-electron chi connectivity index (χ4n) is 6.80. The van der Waals surface area contributed by atoms with Gasteiger partial charge in [-0.1, -0.05) is 30.3 Å². The van der Waals surface area contributed by atoms with E-state index < -0.39 is 11.9 Å². The summed E-state index contributed by atoms with van der Waals surface area (Å²) < 4.78 is 0. The van der Waals surface area contributed by atoms with Crippen LogP contribution in [-0.4, -0.2) is 63.5 Å². The monoisotopic (exact) mass is 577 g/mol. The first-order chi connectivity index (χ1) is 20.9. The minimum atomic E-state index is -0.609. The Bertz CT molecular complexity index is 1660. The quantitative estimate of drug-likeness (QED) is 0.463. The van der Waals surface area contributed by atoms with Gasteiger partial charge in [-0.05, 0) is 84.8 Å². The molecule has 2 fully saturated rings. The van der Waals surface area contributed by atoms with Crippen molar-refractivity contribution in [2.75, 3.05) is 18.0 Å². The zero-order valence-electron chi connectivity index (χ0n) is 23.6. The predicted molar refractivity (Wildman–Crippen MR) is 156 cm³/mol. The summed E-state index contributed by atoms with van der Waals surface area (Å²) in [7, 11) is 0. The fraction of sp³-hybridized carbons (Fsp3) is 0.333. The number of fused-ring (bicyclic) bond motifs is 2. The van der Waals surface area contributed by atoms with Crippen LogP contribution in [0.4, 0.5) is 5.82 Å². The van der Waals surface area contributed by atoms with Crippen LogP contribution >= 0.6 is 0 Å². The molecule has 43 heavy (non-hydrogen) atoms. The van der Waals surface area contributed by atoms with Crippen molar-refractivity contribution in [2.24, 2.45) is 0 Å². The molecule has 0 saturated carbocycles. The van der Waals surface area contributed by atoms with Crippen LogP contribution in [-0.2, 0) is 33.9 Å². The zero-order valence-corrected chi connectivity index (χ0v) is 23.6. The molecule has 4 aliphatic rings. The topological polar surface area (TPSA) is 120 Å². The lowest BCUT2D eigenvalue weighted by Gasteiger charge is -2.33. The van der Waals surface area contributed by atoms with Gasteiger partial charge in [0, 0.05) is 36.8 Å². The maximum absolute atomic E-state index is 13.3. The van der Waals surface area contributed by atoms with Crippen LogP contribution in [0.1, 0.15) is 74.6 Å². The van der Waals surface area contributed by atoms with E-state index in [4.69, 9.17) is 0 Å². The Hall–Kier alpha value is -4.70. The molecule has 2 aromatic carbocycles. The first-order valence-electron chi connectivity index (χ1n) is 14.8. The first-order valence-corrected chi connectivity index (χ1v) is 14.8. The Balaban J connectivity index is 0.992. The number of hydrogen-bond acceptors (Lipinski definition) is 7. The third-order valence-corrected chi connectivity index (χ3v) is 9.09. The number of piperidine rings is 2. The maximum atomic E-state index is 13.3. The summed E-state index contributed by atoms with van der Waals surface area (Å²) in [5, 5.41) is 2.35. The van der Waals surface area contributed by atoms with Crippen molar-refractivity contribution in [3.8, 4) is 0 Å². The van der Waals surface area contributed by atoms with Gasteiger partial charge in [0.05, 0.1) is 6.42 Å². The smallest absolute Gasteiger partial charge is 0.266 e. The van der Waals surface area contributed by atoms with E-state index in [-0.39, 0.29) is 36.5 Å². The van der Waals surface area contributed by atoms with Crippen LogP contribution in [0.5, 0.6) is 0 Å². The second kappa shape index (κ2) is 10.9. The van der Waals surface area contributed by atoms with Crippen LogP contribution in [0.25, 0.3) is 0 Å². The second-order valence-electron chi connectivity index (χ2n) is 11.8. The molecule has 5 heterocycles. The number of carbonyl (C=O) groups is 5. The molecule has 1 N–H and O–H groups in total. The van der Waals surface area contributed by atoms with Gasteiger partial charge in [0.1, 0.15) is 11.9 Å². The molecular formula is C33H31N5O5. The van der Waals surface area contributed by atoms with Gasteiger partial charge >= 0.3 is 0 Å². The van der Waals surface area contributed by atoms with Gasteiger partial charge in [0.2, 0.25) is 17.7 Å². The van der Waals surface area contributed by atoms with Gasteiger partial charge in [-0.15, -0.1) is 0 Å². The standard InChI is InChI=1S/C33H31N5O5/c39-29-9-8-27(31(41)35-29)37-19-24-16-22(6-7-25(24)32(37)42)21-10-13-36(14-11-21)18-20-4-5-23-17-30(40)38(33(43)26(23)15-20)28-3-1-2-12-34-28/h1-7,12,15-16,21,27H,8-11,13-14,17-19H2,(H,35,39,41). The summed E-state index contributed by atoms with van der Waals surface area (Å²) in [4.78, 5) is 72.4. The summed E-state index contributed by atoms with van der Waals surface area (Å²) >= 11 is 0. The molecule has 1 unspecified atom stereocenters. The minimum absolute atomic E-state index is 0.151. The van der Waals surface area contributed by atoms with Crippen LogP contribution in [0.2, 0.25) is 0 Å². The van der Waals surface area contributed by atoms with Gasteiger partial charge in [-0.2, -0.15) is 0 Å². The highest BCUT2D eigenvalue weighted by atomic mass is 16.2. The number of nitrogens with one attached hydrogen (secondary N) is 1. The van der Waals surface area contributed by atoms with Crippen molar-refractivity contribution in [3.05, 3.63) is 94.2 Å². The van der Waals surface area contributed by atoms with Crippen molar-refractivity contribution in [1.29, 1.82) is 0 Å². The molecule has 0 bridgehead atoms. The Morgan fingerprint density at radius 2 is 1.67 bits per heavy atom. The summed E-state index contributed by atoms with van der Waals surface area (Å²) in [6.07, 6.45) is 4.27.